The van der Waals surface area contributed by atoms with Crippen molar-refractivity contribution in [2.24, 2.45) is 15.4 Å². The number of sulfonamides is 1. The molecule has 1 N–H and O–H groups in total. The largest absolute Gasteiger partial charge is 0.241 e. The van der Waals surface area contributed by atoms with Gasteiger partial charge >= 0.3 is 0 Å². The van der Waals surface area contributed by atoms with E-state index < -0.39 is 15.9 Å². The minimum atomic E-state index is -3.40. The van der Waals surface area contributed by atoms with Crippen LogP contribution in [0.5, 0.6) is 0 Å². The van der Waals surface area contributed by atoms with Gasteiger partial charge in [0.25, 0.3) is 0 Å². The molecule has 0 aliphatic carbocycles. The molecule has 10 heteroatoms. The Morgan fingerprint density at radius 1 is 1.25 bits per heavy atom. The van der Waals surface area contributed by atoms with Gasteiger partial charge in [-0.2, -0.15) is 5.11 Å². The van der Waals surface area contributed by atoms with E-state index in [0.29, 0.717) is 23.6 Å². The summed E-state index contributed by atoms with van der Waals surface area (Å²) in [7, 11) is -3.40. The molecule has 1 aromatic carbocycles. The maximum absolute atomic E-state index is 14.5. The average molecular weight is 404 g/mol. The lowest BCUT2D eigenvalue weighted by Gasteiger charge is -2.18. The van der Waals surface area contributed by atoms with Gasteiger partial charge in [0.2, 0.25) is 10.0 Å². The number of aryl methyl sites for hydroxylation is 1. The predicted octanol–water partition coefficient (Wildman–Crippen LogP) is 2.36. The average Bonchev–Trinajstić information content (AvgIpc) is 3.21. The SMILES string of the molecule is CCS(=O)(=O)NCC(Cc1ncc(C2=NN=NC2)cn1)c1ccc(C)cc1F. The Morgan fingerprint density at radius 2 is 2.00 bits per heavy atom. The zero-order valence-electron chi connectivity index (χ0n) is 15.6. The van der Waals surface area contributed by atoms with Crippen molar-refractivity contribution in [3.8, 4) is 0 Å². The summed E-state index contributed by atoms with van der Waals surface area (Å²) >= 11 is 0. The van der Waals surface area contributed by atoms with Gasteiger partial charge < -0.3 is 0 Å². The van der Waals surface area contributed by atoms with Crippen molar-refractivity contribution in [1.82, 2.24) is 14.7 Å². The second-order valence-corrected chi connectivity index (χ2v) is 8.60. The smallest absolute Gasteiger partial charge is 0.211 e. The van der Waals surface area contributed by atoms with Crippen LogP contribution >= 0.6 is 0 Å². The number of hydrogen-bond donors (Lipinski definition) is 1. The van der Waals surface area contributed by atoms with Crippen LogP contribution in [0.15, 0.2) is 46.0 Å². The van der Waals surface area contributed by atoms with Crippen LogP contribution in [0.25, 0.3) is 0 Å². The van der Waals surface area contributed by atoms with E-state index in [4.69, 9.17) is 0 Å². The number of hydrogen-bond acceptors (Lipinski definition) is 7. The molecule has 0 saturated heterocycles. The van der Waals surface area contributed by atoms with Gasteiger partial charge in [0.05, 0.1) is 11.5 Å². The molecule has 28 heavy (non-hydrogen) atoms. The second kappa shape index (κ2) is 8.61. The molecule has 0 spiro atoms. The first-order valence-corrected chi connectivity index (χ1v) is 10.5. The van der Waals surface area contributed by atoms with Crippen LogP contribution in [0.3, 0.4) is 0 Å². The molecule has 0 radical (unpaired) electrons. The van der Waals surface area contributed by atoms with Crippen molar-refractivity contribution in [2.45, 2.75) is 26.2 Å². The zero-order valence-corrected chi connectivity index (χ0v) is 16.4. The van der Waals surface area contributed by atoms with Crippen LogP contribution in [0, 0.1) is 12.7 Å². The lowest BCUT2D eigenvalue weighted by atomic mass is 9.94. The number of halogens is 1. The molecule has 2 heterocycles. The second-order valence-electron chi connectivity index (χ2n) is 6.50. The quantitative estimate of drug-likeness (QED) is 0.728. The van der Waals surface area contributed by atoms with Crippen molar-refractivity contribution in [1.29, 1.82) is 0 Å². The minimum Gasteiger partial charge on any atom is -0.241 e. The molecule has 1 unspecified atom stereocenters. The van der Waals surface area contributed by atoms with Crippen molar-refractivity contribution < 1.29 is 12.8 Å². The van der Waals surface area contributed by atoms with Crippen LogP contribution in [0.1, 0.15) is 35.4 Å². The Kier molecular flexibility index (Phi) is 6.20. The summed E-state index contributed by atoms with van der Waals surface area (Å²) in [5.41, 5.74) is 2.62. The molecule has 0 fully saturated rings. The van der Waals surface area contributed by atoms with E-state index in [-0.39, 0.29) is 24.5 Å². The van der Waals surface area contributed by atoms with Gasteiger partial charge in [0.1, 0.15) is 18.2 Å². The fraction of sp³-hybridized carbons (Fsp3) is 0.389. The molecule has 3 rings (SSSR count). The summed E-state index contributed by atoms with van der Waals surface area (Å²) in [4.78, 5) is 8.65. The third kappa shape index (κ3) is 5.02. The van der Waals surface area contributed by atoms with Crippen LogP contribution < -0.4 is 4.72 Å². The summed E-state index contributed by atoms with van der Waals surface area (Å²) < 4.78 is 40.8. The predicted molar refractivity (Wildman–Crippen MR) is 103 cm³/mol. The number of rotatable bonds is 8. The molecule has 1 aromatic heterocycles. The highest BCUT2D eigenvalue weighted by Gasteiger charge is 2.21. The van der Waals surface area contributed by atoms with E-state index in [1.807, 2.05) is 0 Å². The van der Waals surface area contributed by atoms with Crippen LogP contribution in [-0.2, 0) is 16.4 Å². The van der Waals surface area contributed by atoms with E-state index in [0.717, 1.165) is 11.1 Å². The van der Waals surface area contributed by atoms with E-state index in [9.17, 15) is 12.8 Å². The maximum Gasteiger partial charge on any atom is 0.211 e. The number of nitrogens with one attached hydrogen (secondary N) is 1. The van der Waals surface area contributed by atoms with E-state index in [1.54, 1.807) is 38.4 Å². The molecule has 2 aromatic rings. The Labute approximate surface area is 163 Å². The van der Waals surface area contributed by atoms with E-state index in [2.05, 4.69) is 30.1 Å². The van der Waals surface area contributed by atoms with Gasteiger partial charge in [-0.3, -0.25) is 0 Å². The normalized spacial score (nSPS) is 14.9. The van der Waals surface area contributed by atoms with Gasteiger partial charge in [-0.25, -0.2) is 27.5 Å². The van der Waals surface area contributed by atoms with Crippen molar-refractivity contribution in [3.05, 3.63) is 58.9 Å². The van der Waals surface area contributed by atoms with Crippen LogP contribution in [0.2, 0.25) is 0 Å². The number of nitrogens with zero attached hydrogens (tertiary/aromatic N) is 5. The number of aromatic nitrogens is 2. The summed E-state index contributed by atoms with van der Waals surface area (Å²) in [5, 5.41) is 11.3. The van der Waals surface area contributed by atoms with Crippen molar-refractivity contribution >= 4 is 15.7 Å². The Morgan fingerprint density at radius 3 is 2.61 bits per heavy atom. The van der Waals surface area contributed by atoms with Gasteiger partial charge in [0, 0.05) is 36.8 Å². The molecular formula is C18H21FN6O2S. The monoisotopic (exact) mass is 404 g/mol. The van der Waals surface area contributed by atoms with E-state index in [1.165, 1.54) is 6.07 Å². The fourth-order valence-electron chi connectivity index (χ4n) is 2.78. The first-order chi connectivity index (χ1) is 13.4. The fourth-order valence-corrected chi connectivity index (χ4v) is 3.44. The summed E-state index contributed by atoms with van der Waals surface area (Å²) in [6, 6.07) is 4.92. The Hall–Kier alpha value is -2.59. The molecule has 148 valence electrons. The molecule has 0 saturated carbocycles. The zero-order chi connectivity index (χ0) is 20.1. The van der Waals surface area contributed by atoms with Gasteiger partial charge in [-0.05, 0) is 36.3 Å². The molecule has 8 nitrogen and oxygen atoms in total. The molecule has 0 bridgehead atoms. The minimum absolute atomic E-state index is 0.0421. The Bertz CT molecular complexity index is 1010. The lowest BCUT2D eigenvalue weighted by molar-refractivity contribution is 0.543. The first kappa shape index (κ1) is 20.2. The number of benzene rings is 1. The van der Waals surface area contributed by atoms with Crippen LogP contribution in [0.4, 0.5) is 4.39 Å². The molecule has 1 aliphatic heterocycles. The first-order valence-electron chi connectivity index (χ1n) is 8.86. The third-order valence-electron chi connectivity index (χ3n) is 4.44. The highest BCUT2D eigenvalue weighted by molar-refractivity contribution is 7.89. The summed E-state index contributed by atoms with van der Waals surface area (Å²) in [6.07, 6.45) is 3.53. The molecule has 0 amide bonds. The van der Waals surface area contributed by atoms with E-state index >= 15 is 0 Å². The van der Waals surface area contributed by atoms with Gasteiger partial charge in [-0.15, -0.1) is 5.10 Å². The summed E-state index contributed by atoms with van der Waals surface area (Å²) in [6.45, 7) is 3.80. The van der Waals surface area contributed by atoms with Gasteiger partial charge in [0.15, 0.2) is 0 Å². The molecule has 1 atom stereocenters. The van der Waals surface area contributed by atoms with Crippen LogP contribution in [-0.4, -0.2) is 42.9 Å². The highest BCUT2D eigenvalue weighted by Crippen LogP contribution is 2.23. The molecule has 1 aliphatic rings. The standard InChI is InChI=1S/C18H21FN6O2S/c1-3-28(26,27)23-10-13(15-5-4-12(2)6-16(15)19)7-18-20-8-14(9-21-18)17-11-22-25-24-17/h4-6,8-9,13,23H,3,7,10-11H2,1-2H3. The maximum atomic E-state index is 14.5. The van der Waals surface area contributed by atoms with Gasteiger partial charge in [-0.1, -0.05) is 12.1 Å². The summed E-state index contributed by atoms with van der Waals surface area (Å²) in [5.74, 6) is -0.376. The Balaban J connectivity index is 1.81. The highest BCUT2D eigenvalue weighted by atomic mass is 32.2. The topological polar surface area (TPSA) is 109 Å². The molecular weight excluding hydrogens is 383 g/mol. The third-order valence-corrected chi connectivity index (χ3v) is 5.81. The van der Waals surface area contributed by atoms with Crippen molar-refractivity contribution in [2.75, 3.05) is 18.8 Å². The van der Waals surface area contributed by atoms with Crippen molar-refractivity contribution in [3.63, 3.8) is 0 Å². The lowest BCUT2D eigenvalue weighted by Crippen LogP contribution is -2.31.